The maximum absolute atomic E-state index is 3.50. The van der Waals surface area contributed by atoms with Crippen molar-refractivity contribution in [2.75, 3.05) is 39.0 Å². The van der Waals surface area contributed by atoms with Gasteiger partial charge in [-0.05, 0) is 38.6 Å². The zero-order chi connectivity index (χ0) is 14.3. The van der Waals surface area contributed by atoms with Gasteiger partial charge in [-0.25, -0.2) is 0 Å². The number of likely N-dealkylation sites (N-methyl/N-ethyl adjacent to an activating group) is 2. The molecule has 1 rings (SSSR count). The van der Waals surface area contributed by atoms with Crippen LogP contribution in [0.5, 0.6) is 0 Å². The molecule has 1 aromatic carbocycles. The van der Waals surface area contributed by atoms with E-state index in [0.29, 0.717) is 12.0 Å². The normalized spacial score (nSPS) is 13.0. The molecule has 1 atom stereocenters. The average molecular weight is 263 g/mol. The Balaban J connectivity index is 2.31. The van der Waals surface area contributed by atoms with E-state index in [4.69, 9.17) is 0 Å². The number of nitrogens with one attached hydrogen (secondary N) is 2. The van der Waals surface area contributed by atoms with Crippen molar-refractivity contribution in [2.24, 2.45) is 5.92 Å². The molecule has 0 saturated carbocycles. The highest BCUT2D eigenvalue weighted by Crippen LogP contribution is 2.12. The van der Waals surface area contributed by atoms with E-state index in [2.05, 4.69) is 67.6 Å². The van der Waals surface area contributed by atoms with Crippen LogP contribution < -0.4 is 10.6 Å². The molecule has 3 nitrogen and oxygen atoms in total. The molecule has 0 aromatic heterocycles. The molecule has 108 valence electrons. The van der Waals surface area contributed by atoms with E-state index >= 15 is 0 Å². The Hall–Kier alpha value is -1.06. The summed E-state index contributed by atoms with van der Waals surface area (Å²) < 4.78 is 0. The molecular weight excluding hydrogens is 234 g/mol. The van der Waals surface area contributed by atoms with Crippen molar-refractivity contribution in [3.05, 3.63) is 29.8 Å². The van der Waals surface area contributed by atoms with Gasteiger partial charge in [-0.1, -0.05) is 32.0 Å². The van der Waals surface area contributed by atoms with Crippen molar-refractivity contribution in [1.82, 2.24) is 10.2 Å². The number of benzene rings is 1. The first-order valence-corrected chi connectivity index (χ1v) is 7.20. The average Bonchev–Trinajstić information content (AvgIpc) is 2.38. The molecule has 19 heavy (non-hydrogen) atoms. The number of anilines is 1. The van der Waals surface area contributed by atoms with E-state index < -0.39 is 0 Å². The molecule has 0 fully saturated rings. The number of para-hydroxylation sites is 1. The second-order valence-electron chi connectivity index (χ2n) is 5.64. The number of rotatable bonds is 8. The van der Waals surface area contributed by atoms with Gasteiger partial charge in [-0.3, -0.25) is 0 Å². The Bertz CT molecular complexity index is 363. The molecule has 0 bridgehead atoms. The molecule has 0 spiro atoms. The number of hydrogen-bond donors (Lipinski definition) is 2. The number of aryl methyl sites for hydroxylation is 1. The first kappa shape index (κ1) is 16.0. The zero-order valence-electron chi connectivity index (χ0n) is 13.0. The Morgan fingerprint density at radius 2 is 1.89 bits per heavy atom. The minimum atomic E-state index is 0.559. The summed E-state index contributed by atoms with van der Waals surface area (Å²) in [7, 11) is 4.23. The van der Waals surface area contributed by atoms with E-state index in [1.54, 1.807) is 0 Å². The van der Waals surface area contributed by atoms with Crippen molar-refractivity contribution in [3.63, 3.8) is 0 Å². The lowest BCUT2D eigenvalue weighted by Crippen LogP contribution is -2.42. The highest BCUT2D eigenvalue weighted by molar-refractivity contribution is 5.50. The molecular formula is C16H29N3. The summed E-state index contributed by atoms with van der Waals surface area (Å²) in [5.41, 5.74) is 2.55. The summed E-state index contributed by atoms with van der Waals surface area (Å²) in [6.07, 6.45) is 0. The van der Waals surface area contributed by atoms with Gasteiger partial charge in [0.2, 0.25) is 0 Å². The molecule has 0 heterocycles. The Morgan fingerprint density at radius 1 is 1.21 bits per heavy atom. The molecule has 0 aliphatic rings. The van der Waals surface area contributed by atoms with Crippen LogP contribution in [-0.2, 0) is 0 Å². The minimum absolute atomic E-state index is 0.559. The van der Waals surface area contributed by atoms with Crippen molar-refractivity contribution < 1.29 is 0 Å². The van der Waals surface area contributed by atoms with Crippen LogP contribution in [-0.4, -0.2) is 44.7 Å². The molecule has 1 unspecified atom stereocenters. The van der Waals surface area contributed by atoms with Gasteiger partial charge in [-0.15, -0.1) is 0 Å². The highest BCUT2D eigenvalue weighted by Gasteiger charge is 2.12. The van der Waals surface area contributed by atoms with E-state index in [9.17, 15) is 0 Å². The fourth-order valence-electron chi connectivity index (χ4n) is 2.22. The van der Waals surface area contributed by atoms with Crippen molar-refractivity contribution in [1.29, 1.82) is 0 Å². The topological polar surface area (TPSA) is 27.3 Å². The van der Waals surface area contributed by atoms with E-state index in [1.807, 2.05) is 7.05 Å². The molecule has 0 saturated heterocycles. The third-order valence-corrected chi connectivity index (χ3v) is 3.64. The molecule has 0 radical (unpaired) electrons. The summed E-state index contributed by atoms with van der Waals surface area (Å²) >= 11 is 0. The van der Waals surface area contributed by atoms with Crippen LogP contribution in [0.3, 0.4) is 0 Å². The standard InChI is InChI=1S/C16H29N3/c1-13(2)16(17-4)12-19(5)11-10-18-15-9-7-6-8-14(15)3/h6-9,13,16-18H,10-12H2,1-5H3. The second kappa shape index (κ2) is 8.18. The largest absolute Gasteiger partial charge is 0.384 e. The summed E-state index contributed by atoms with van der Waals surface area (Å²) in [6, 6.07) is 8.99. The van der Waals surface area contributed by atoms with E-state index in [1.165, 1.54) is 11.3 Å². The predicted molar refractivity (Wildman–Crippen MR) is 84.9 cm³/mol. The molecule has 0 aliphatic heterocycles. The first-order valence-electron chi connectivity index (χ1n) is 7.20. The lowest BCUT2D eigenvalue weighted by Gasteiger charge is -2.26. The minimum Gasteiger partial charge on any atom is -0.384 e. The highest BCUT2D eigenvalue weighted by atomic mass is 15.1. The monoisotopic (exact) mass is 263 g/mol. The molecule has 0 amide bonds. The maximum Gasteiger partial charge on any atom is 0.0370 e. The molecule has 0 aliphatic carbocycles. The third-order valence-electron chi connectivity index (χ3n) is 3.64. The number of nitrogens with zero attached hydrogens (tertiary/aromatic N) is 1. The van der Waals surface area contributed by atoms with Crippen LogP contribution in [0, 0.1) is 12.8 Å². The van der Waals surface area contributed by atoms with Crippen LogP contribution >= 0.6 is 0 Å². The smallest absolute Gasteiger partial charge is 0.0370 e. The lowest BCUT2D eigenvalue weighted by atomic mass is 10.0. The Labute approximate surface area is 118 Å². The summed E-state index contributed by atoms with van der Waals surface area (Å²) in [5.74, 6) is 0.664. The lowest BCUT2D eigenvalue weighted by molar-refractivity contribution is 0.269. The fraction of sp³-hybridized carbons (Fsp3) is 0.625. The van der Waals surface area contributed by atoms with E-state index in [0.717, 1.165) is 19.6 Å². The third kappa shape index (κ3) is 5.62. The van der Waals surface area contributed by atoms with Gasteiger partial charge in [0.1, 0.15) is 0 Å². The van der Waals surface area contributed by atoms with Crippen LogP contribution in [0.1, 0.15) is 19.4 Å². The summed E-state index contributed by atoms with van der Waals surface area (Å²) in [4.78, 5) is 2.38. The van der Waals surface area contributed by atoms with Gasteiger partial charge in [0.05, 0.1) is 0 Å². The van der Waals surface area contributed by atoms with Gasteiger partial charge >= 0.3 is 0 Å². The molecule has 3 heteroatoms. The van der Waals surface area contributed by atoms with Gasteiger partial charge in [-0.2, -0.15) is 0 Å². The van der Waals surface area contributed by atoms with Gasteiger partial charge in [0.15, 0.2) is 0 Å². The van der Waals surface area contributed by atoms with Crippen LogP contribution in [0.2, 0.25) is 0 Å². The van der Waals surface area contributed by atoms with Crippen molar-refractivity contribution in [2.45, 2.75) is 26.8 Å². The van der Waals surface area contributed by atoms with Gasteiger partial charge in [0.25, 0.3) is 0 Å². The summed E-state index contributed by atoms with van der Waals surface area (Å²) in [6.45, 7) is 9.79. The molecule has 1 aromatic rings. The quantitative estimate of drug-likeness (QED) is 0.755. The molecule has 2 N–H and O–H groups in total. The maximum atomic E-state index is 3.50. The van der Waals surface area contributed by atoms with Crippen LogP contribution in [0.25, 0.3) is 0 Å². The SMILES string of the molecule is CNC(CN(C)CCNc1ccccc1C)C(C)C. The van der Waals surface area contributed by atoms with Gasteiger partial charge in [0, 0.05) is 31.4 Å². The van der Waals surface area contributed by atoms with Crippen LogP contribution in [0.4, 0.5) is 5.69 Å². The summed E-state index contributed by atoms with van der Waals surface area (Å²) in [5, 5.41) is 6.89. The van der Waals surface area contributed by atoms with E-state index in [-0.39, 0.29) is 0 Å². The Morgan fingerprint density at radius 3 is 2.47 bits per heavy atom. The Kier molecular flexibility index (Phi) is 6.89. The van der Waals surface area contributed by atoms with Crippen LogP contribution in [0.15, 0.2) is 24.3 Å². The number of hydrogen-bond acceptors (Lipinski definition) is 3. The van der Waals surface area contributed by atoms with Crippen molar-refractivity contribution in [3.8, 4) is 0 Å². The fourth-order valence-corrected chi connectivity index (χ4v) is 2.22. The predicted octanol–water partition coefficient (Wildman–Crippen LogP) is 2.58. The van der Waals surface area contributed by atoms with Gasteiger partial charge < -0.3 is 15.5 Å². The zero-order valence-corrected chi connectivity index (χ0v) is 13.0. The second-order valence-corrected chi connectivity index (χ2v) is 5.64. The first-order chi connectivity index (χ1) is 9.04. The van der Waals surface area contributed by atoms with Crippen molar-refractivity contribution >= 4 is 5.69 Å².